The van der Waals surface area contributed by atoms with Gasteiger partial charge in [0.15, 0.2) is 5.82 Å². The van der Waals surface area contributed by atoms with E-state index in [1.165, 1.54) is 27.4 Å². The highest BCUT2D eigenvalue weighted by molar-refractivity contribution is 6.10. The van der Waals surface area contributed by atoms with Crippen LogP contribution >= 0.6 is 0 Å². The molecule has 0 aliphatic heterocycles. The number of hydrogen-bond donors (Lipinski definition) is 0. The van der Waals surface area contributed by atoms with Gasteiger partial charge in [0, 0.05) is 43.9 Å². The van der Waals surface area contributed by atoms with Crippen LogP contribution in [0, 0.1) is 0 Å². The highest BCUT2D eigenvalue weighted by Crippen LogP contribution is 2.38. The van der Waals surface area contributed by atoms with Crippen LogP contribution in [0.3, 0.4) is 0 Å². The van der Waals surface area contributed by atoms with Gasteiger partial charge in [0.1, 0.15) is 11.2 Å². The molecule has 0 aliphatic rings. The lowest BCUT2D eigenvalue weighted by molar-refractivity contribution is 0.670. The van der Waals surface area contributed by atoms with Crippen molar-refractivity contribution in [3.05, 3.63) is 176 Å². The van der Waals surface area contributed by atoms with Crippen molar-refractivity contribution in [3.8, 4) is 50.7 Å². The third kappa shape index (κ3) is 4.61. The molecule has 0 aliphatic carbocycles. The molecule has 0 fully saturated rings. The summed E-state index contributed by atoms with van der Waals surface area (Å²) in [6, 6.07) is 61.3. The van der Waals surface area contributed by atoms with Crippen LogP contribution in [-0.2, 0) is 0 Å². The highest BCUT2D eigenvalue weighted by Gasteiger charge is 2.17. The van der Waals surface area contributed by atoms with Gasteiger partial charge in [-0.05, 0) is 53.6 Å². The van der Waals surface area contributed by atoms with Crippen LogP contribution in [0.15, 0.2) is 180 Å². The Morgan fingerprint density at radius 2 is 0.960 bits per heavy atom. The van der Waals surface area contributed by atoms with E-state index in [0.717, 1.165) is 61.3 Å². The van der Waals surface area contributed by atoms with Crippen LogP contribution in [-0.4, -0.2) is 14.5 Å². The van der Waals surface area contributed by atoms with Gasteiger partial charge in [-0.15, -0.1) is 0 Å². The van der Waals surface area contributed by atoms with Gasteiger partial charge < -0.3 is 8.98 Å². The predicted molar refractivity (Wildman–Crippen MR) is 205 cm³/mol. The minimum atomic E-state index is 0.664. The zero-order chi connectivity index (χ0) is 33.0. The average Bonchev–Trinajstić information content (AvgIpc) is 3.74. The maximum absolute atomic E-state index is 6.46. The standard InChI is InChI=1S/C46H29N3O/c1-2-11-30(12-3-1)31-21-23-33(24-22-31)46-47-40(29-41(48-46)39-17-10-16-38-37-15-6-9-20-44(37)50-45(38)39)32-25-27-34(28-26-32)49-42-18-7-4-13-35(42)36-14-5-8-19-43(36)49/h1-29H. The Bertz CT molecular complexity index is 2790. The number of rotatable bonds is 5. The van der Waals surface area contributed by atoms with Gasteiger partial charge >= 0.3 is 0 Å². The van der Waals surface area contributed by atoms with Crippen molar-refractivity contribution in [3.63, 3.8) is 0 Å². The summed E-state index contributed by atoms with van der Waals surface area (Å²) in [7, 11) is 0. The fraction of sp³-hybridized carbons (Fsp3) is 0. The first-order chi connectivity index (χ1) is 24.8. The molecule has 3 heterocycles. The molecule has 10 rings (SSSR count). The van der Waals surface area contributed by atoms with Crippen LogP contribution < -0.4 is 0 Å². The molecule has 0 saturated heterocycles. The summed E-state index contributed by atoms with van der Waals surface area (Å²) in [5, 5.41) is 4.66. The first-order valence-corrected chi connectivity index (χ1v) is 16.8. The Balaban J connectivity index is 1.13. The number of benzene rings is 7. The molecule has 10 aromatic rings. The van der Waals surface area contributed by atoms with E-state index in [1.807, 2.05) is 24.3 Å². The second-order valence-electron chi connectivity index (χ2n) is 12.6. The SMILES string of the molecule is c1ccc(-c2ccc(-c3nc(-c4ccc(-n5c6ccccc6c6ccccc65)cc4)cc(-c4cccc5c4oc4ccccc45)n3)cc2)cc1. The zero-order valence-electron chi connectivity index (χ0n) is 27.0. The number of aromatic nitrogens is 3. The fourth-order valence-electron chi connectivity index (χ4n) is 7.24. The van der Waals surface area contributed by atoms with Gasteiger partial charge in [-0.1, -0.05) is 133 Å². The van der Waals surface area contributed by atoms with Gasteiger partial charge in [-0.25, -0.2) is 9.97 Å². The van der Waals surface area contributed by atoms with Gasteiger partial charge in [0.2, 0.25) is 0 Å². The highest BCUT2D eigenvalue weighted by atomic mass is 16.3. The number of fused-ring (bicyclic) bond motifs is 6. The topological polar surface area (TPSA) is 43.9 Å². The third-order valence-corrected chi connectivity index (χ3v) is 9.66. The lowest BCUT2D eigenvalue weighted by atomic mass is 10.0. The summed E-state index contributed by atoms with van der Waals surface area (Å²) >= 11 is 0. The van der Waals surface area contributed by atoms with E-state index in [2.05, 4.69) is 156 Å². The first-order valence-electron chi connectivity index (χ1n) is 16.8. The van der Waals surface area contributed by atoms with Crippen LogP contribution in [0.1, 0.15) is 0 Å². The van der Waals surface area contributed by atoms with Crippen LogP contribution in [0.4, 0.5) is 0 Å². The van der Waals surface area contributed by atoms with Gasteiger partial charge in [0.25, 0.3) is 0 Å². The van der Waals surface area contributed by atoms with Crippen LogP contribution in [0.25, 0.3) is 94.5 Å². The summed E-state index contributed by atoms with van der Waals surface area (Å²) < 4.78 is 8.79. The number of furan rings is 1. The minimum Gasteiger partial charge on any atom is -0.455 e. The monoisotopic (exact) mass is 639 g/mol. The van der Waals surface area contributed by atoms with Crippen molar-refractivity contribution in [2.24, 2.45) is 0 Å². The molecule has 234 valence electrons. The van der Waals surface area contributed by atoms with Crippen LogP contribution in [0.5, 0.6) is 0 Å². The minimum absolute atomic E-state index is 0.664. The Labute approximate surface area is 288 Å². The normalized spacial score (nSPS) is 11.6. The Hall–Kier alpha value is -6.78. The third-order valence-electron chi connectivity index (χ3n) is 9.66. The molecule has 0 amide bonds. The number of hydrogen-bond acceptors (Lipinski definition) is 3. The molecule has 0 unspecified atom stereocenters. The van der Waals surface area contributed by atoms with Crippen molar-refractivity contribution in [1.82, 2.24) is 14.5 Å². The second kappa shape index (κ2) is 11.4. The predicted octanol–water partition coefficient (Wildman–Crippen LogP) is 12.1. The maximum Gasteiger partial charge on any atom is 0.160 e. The number of para-hydroxylation sites is 4. The smallest absolute Gasteiger partial charge is 0.160 e. The van der Waals surface area contributed by atoms with Crippen LogP contribution in [0.2, 0.25) is 0 Å². The summed E-state index contributed by atoms with van der Waals surface area (Å²) in [5.41, 5.74) is 12.0. The van der Waals surface area contributed by atoms with Gasteiger partial charge in [-0.3, -0.25) is 0 Å². The van der Waals surface area contributed by atoms with Crippen molar-refractivity contribution in [2.75, 3.05) is 0 Å². The van der Waals surface area contributed by atoms with E-state index < -0.39 is 0 Å². The van der Waals surface area contributed by atoms with Gasteiger partial charge in [-0.2, -0.15) is 0 Å². The molecule has 0 saturated carbocycles. The molecule has 0 atom stereocenters. The summed E-state index contributed by atoms with van der Waals surface area (Å²) in [6.45, 7) is 0. The lowest BCUT2D eigenvalue weighted by Gasteiger charge is -2.12. The molecular weight excluding hydrogens is 611 g/mol. The molecule has 0 bridgehead atoms. The van der Waals surface area contributed by atoms with Crippen molar-refractivity contribution in [1.29, 1.82) is 0 Å². The molecule has 3 aromatic heterocycles. The number of nitrogens with zero attached hydrogens (tertiary/aromatic N) is 3. The lowest BCUT2D eigenvalue weighted by Crippen LogP contribution is -1.97. The average molecular weight is 640 g/mol. The molecule has 0 spiro atoms. The molecular formula is C46H29N3O. The summed E-state index contributed by atoms with van der Waals surface area (Å²) in [4.78, 5) is 10.3. The van der Waals surface area contributed by atoms with E-state index >= 15 is 0 Å². The molecule has 4 heteroatoms. The quantitative estimate of drug-likeness (QED) is 0.188. The van der Waals surface area contributed by atoms with E-state index in [-0.39, 0.29) is 0 Å². The molecule has 0 N–H and O–H groups in total. The Morgan fingerprint density at radius 1 is 0.400 bits per heavy atom. The molecule has 50 heavy (non-hydrogen) atoms. The van der Waals surface area contributed by atoms with Crippen molar-refractivity contribution in [2.45, 2.75) is 0 Å². The summed E-state index contributed by atoms with van der Waals surface area (Å²) in [5.74, 6) is 0.664. The second-order valence-corrected chi connectivity index (χ2v) is 12.6. The van der Waals surface area contributed by atoms with Crippen molar-refractivity contribution < 1.29 is 4.42 Å². The Morgan fingerprint density at radius 3 is 1.70 bits per heavy atom. The molecule has 7 aromatic carbocycles. The molecule has 0 radical (unpaired) electrons. The van der Waals surface area contributed by atoms with E-state index in [0.29, 0.717) is 5.82 Å². The van der Waals surface area contributed by atoms with Crippen molar-refractivity contribution >= 4 is 43.7 Å². The largest absolute Gasteiger partial charge is 0.455 e. The Kier molecular flexibility index (Phi) is 6.46. The zero-order valence-corrected chi connectivity index (χ0v) is 27.0. The first kappa shape index (κ1) is 28.3. The van der Waals surface area contributed by atoms with E-state index in [9.17, 15) is 0 Å². The van der Waals surface area contributed by atoms with E-state index in [4.69, 9.17) is 14.4 Å². The van der Waals surface area contributed by atoms with Gasteiger partial charge in [0.05, 0.1) is 22.4 Å². The summed E-state index contributed by atoms with van der Waals surface area (Å²) in [6.07, 6.45) is 0. The maximum atomic E-state index is 6.46. The molecule has 4 nitrogen and oxygen atoms in total. The van der Waals surface area contributed by atoms with E-state index in [1.54, 1.807) is 0 Å². The fourth-order valence-corrected chi connectivity index (χ4v) is 7.24.